The number of hydrogen-bond acceptors (Lipinski definition) is 5. The van der Waals surface area contributed by atoms with Crippen LogP contribution in [0.5, 0.6) is 11.6 Å². The van der Waals surface area contributed by atoms with Crippen molar-refractivity contribution in [1.29, 1.82) is 0 Å². The predicted octanol–water partition coefficient (Wildman–Crippen LogP) is 2.08. The molecule has 0 saturated carbocycles. The van der Waals surface area contributed by atoms with Crippen LogP contribution in [0.2, 0.25) is 0 Å². The molecule has 0 radical (unpaired) electrons. The van der Waals surface area contributed by atoms with E-state index >= 15 is 0 Å². The minimum atomic E-state index is 0.449. The summed E-state index contributed by atoms with van der Waals surface area (Å²) in [6.45, 7) is 0.590. The molecular weight excluding hydrogens is 268 g/mol. The predicted molar refractivity (Wildman–Crippen MR) is 80.6 cm³/mol. The minimum absolute atomic E-state index is 0.449. The van der Waals surface area contributed by atoms with E-state index in [1.165, 1.54) is 0 Å². The maximum atomic E-state index is 6.03. The molecule has 1 aromatic carbocycles. The van der Waals surface area contributed by atoms with E-state index in [9.17, 15) is 0 Å². The number of aromatic nitrogens is 3. The molecule has 2 heterocycles. The zero-order valence-electron chi connectivity index (χ0n) is 11.9. The Labute approximate surface area is 122 Å². The lowest BCUT2D eigenvalue weighted by atomic mass is 10.2. The number of imidazole rings is 1. The smallest absolute Gasteiger partial charge is 0.212 e. The summed E-state index contributed by atoms with van der Waals surface area (Å²) in [4.78, 5) is 8.58. The standard InChI is InChI=1S/C15H16N4O2/c1-20-12-5-3-4-11-14(12)18-15(16)19(11)9-10-6-7-13(21-2)17-8-10/h3-8H,9H2,1-2H3,(H2,16,18). The third kappa shape index (κ3) is 2.35. The van der Waals surface area contributed by atoms with Crippen LogP contribution in [-0.2, 0) is 6.54 Å². The molecule has 2 N–H and O–H groups in total. The van der Waals surface area contributed by atoms with Gasteiger partial charge in [-0.1, -0.05) is 12.1 Å². The van der Waals surface area contributed by atoms with Crippen molar-refractivity contribution in [2.45, 2.75) is 6.54 Å². The molecular formula is C15H16N4O2. The molecule has 6 nitrogen and oxygen atoms in total. The summed E-state index contributed by atoms with van der Waals surface area (Å²) in [7, 11) is 3.22. The molecule has 0 aliphatic heterocycles. The molecule has 21 heavy (non-hydrogen) atoms. The third-order valence-corrected chi connectivity index (χ3v) is 3.34. The van der Waals surface area contributed by atoms with Gasteiger partial charge in [0.2, 0.25) is 11.8 Å². The Kier molecular flexibility index (Phi) is 3.35. The van der Waals surface area contributed by atoms with E-state index in [2.05, 4.69) is 9.97 Å². The number of benzene rings is 1. The molecule has 108 valence electrons. The Balaban J connectivity index is 2.01. The van der Waals surface area contributed by atoms with Crippen LogP contribution < -0.4 is 15.2 Å². The monoisotopic (exact) mass is 284 g/mol. The first-order valence-corrected chi connectivity index (χ1v) is 6.50. The highest BCUT2D eigenvalue weighted by Crippen LogP contribution is 2.27. The van der Waals surface area contributed by atoms with Gasteiger partial charge in [-0.2, -0.15) is 0 Å². The SMILES string of the molecule is COc1ccc(Cn2c(N)nc3c(OC)cccc32)cn1. The van der Waals surface area contributed by atoms with E-state index < -0.39 is 0 Å². The Morgan fingerprint density at radius 3 is 2.67 bits per heavy atom. The van der Waals surface area contributed by atoms with Gasteiger partial charge in [0.25, 0.3) is 0 Å². The van der Waals surface area contributed by atoms with Gasteiger partial charge in [0, 0.05) is 12.3 Å². The van der Waals surface area contributed by atoms with Crippen LogP contribution in [-0.4, -0.2) is 28.8 Å². The second-order valence-corrected chi connectivity index (χ2v) is 4.59. The highest BCUT2D eigenvalue weighted by Gasteiger charge is 2.12. The van der Waals surface area contributed by atoms with Crippen LogP contribution in [0.25, 0.3) is 11.0 Å². The molecule has 0 spiro atoms. The first-order valence-electron chi connectivity index (χ1n) is 6.50. The van der Waals surface area contributed by atoms with Gasteiger partial charge in [-0.15, -0.1) is 0 Å². The van der Waals surface area contributed by atoms with Crippen LogP contribution in [0.15, 0.2) is 36.5 Å². The van der Waals surface area contributed by atoms with Crippen molar-refractivity contribution in [3.05, 3.63) is 42.1 Å². The third-order valence-electron chi connectivity index (χ3n) is 3.34. The second kappa shape index (κ2) is 5.32. The molecule has 0 saturated heterocycles. The number of fused-ring (bicyclic) bond motifs is 1. The summed E-state index contributed by atoms with van der Waals surface area (Å²) in [5.74, 6) is 1.75. The number of para-hydroxylation sites is 1. The molecule has 3 aromatic rings. The van der Waals surface area contributed by atoms with Crippen LogP contribution >= 0.6 is 0 Å². The zero-order valence-corrected chi connectivity index (χ0v) is 11.9. The van der Waals surface area contributed by atoms with Gasteiger partial charge in [-0.25, -0.2) is 9.97 Å². The lowest BCUT2D eigenvalue weighted by molar-refractivity contribution is 0.397. The van der Waals surface area contributed by atoms with E-state index in [-0.39, 0.29) is 0 Å². The molecule has 6 heteroatoms. The molecule has 0 aliphatic rings. The minimum Gasteiger partial charge on any atom is -0.494 e. The topological polar surface area (TPSA) is 75.2 Å². The number of methoxy groups -OCH3 is 2. The van der Waals surface area contributed by atoms with Crippen molar-refractivity contribution in [2.75, 3.05) is 20.0 Å². The molecule has 0 bridgehead atoms. The molecule has 3 rings (SSSR count). The van der Waals surface area contributed by atoms with Crippen molar-refractivity contribution in [3.63, 3.8) is 0 Å². The molecule has 0 fully saturated rings. The summed E-state index contributed by atoms with van der Waals surface area (Å²) in [6.07, 6.45) is 1.77. The molecule has 0 aliphatic carbocycles. The summed E-state index contributed by atoms with van der Waals surface area (Å²) in [5, 5.41) is 0. The van der Waals surface area contributed by atoms with E-state index in [1.807, 2.05) is 34.9 Å². The number of anilines is 1. The summed E-state index contributed by atoms with van der Waals surface area (Å²) >= 11 is 0. The van der Waals surface area contributed by atoms with Crippen molar-refractivity contribution in [1.82, 2.24) is 14.5 Å². The van der Waals surface area contributed by atoms with Crippen molar-refractivity contribution in [3.8, 4) is 11.6 Å². The van der Waals surface area contributed by atoms with Gasteiger partial charge >= 0.3 is 0 Å². The van der Waals surface area contributed by atoms with Crippen molar-refractivity contribution in [2.24, 2.45) is 0 Å². The van der Waals surface area contributed by atoms with Crippen LogP contribution in [0.3, 0.4) is 0 Å². The number of nitrogens with zero attached hydrogens (tertiary/aromatic N) is 3. The number of nitrogens with two attached hydrogens (primary N) is 1. The van der Waals surface area contributed by atoms with Gasteiger partial charge < -0.3 is 19.8 Å². The van der Waals surface area contributed by atoms with Crippen molar-refractivity contribution >= 4 is 17.0 Å². The average molecular weight is 284 g/mol. The number of rotatable bonds is 4. The van der Waals surface area contributed by atoms with E-state index in [4.69, 9.17) is 15.2 Å². The number of nitrogen functional groups attached to an aromatic ring is 1. The zero-order chi connectivity index (χ0) is 14.8. The van der Waals surface area contributed by atoms with Gasteiger partial charge in [0.1, 0.15) is 11.3 Å². The molecule has 0 unspecified atom stereocenters. The first-order chi connectivity index (χ1) is 10.2. The Morgan fingerprint density at radius 1 is 1.14 bits per heavy atom. The van der Waals surface area contributed by atoms with Crippen LogP contribution in [0.4, 0.5) is 5.95 Å². The fourth-order valence-electron chi connectivity index (χ4n) is 2.28. The molecule has 2 aromatic heterocycles. The Morgan fingerprint density at radius 2 is 2.00 bits per heavy atom. The Bertz CT molecular complexity index is 765. The van der Waals surface area contributed by atoms with Crippen LogP contribution in [0.1, 0.15) is 5.56 Å². The first kappa shape index (κ1) is 13.2. The number of ether oxygens (including phenoxy) is 2. The maximum absolute atomic E-state index is 6.03. The van der Waals surface area contributed by atoms with E-state index in [0.29, 0.717) is 24.1 Å². The highest BCUT2D eigenvalue weighted by atomic mass is 16.5. The highest BCUT2D eigenvalue weighted by molar-refractivity contribution is 5.84. The van der Waals surface area contributed by atoms with Crippen molar-refractivity contribution < 1.29 is 9.47 Å². The van der Waals surface area contributed by atoms with Gasteiger partial charge in [0.15, 0.2) is 0 Å². The lowest BCUT2D eigenvalue weighted by Crippen LogP contribution is -2.05. The van der Waals surface area contributed by atoms with E-state index in [0.717, 1.165) is 16.6 Å². The van der Waals surface area contributed by atoms with E-state index in [1.54, 1.807) is 20.4 Å². The number of hydrogen-bond donors (Lipinski definition) is 1. The van der Waals surface area contributed by atoms with Crippen LogP contribution in [0, 0.1) is 0 Å². The quantitative estimate of drug-likeness (QED) is 0.794. The largest absolute Gasteiger partial charge is 0.494 e. The average Bonchev–Trinajstić information content (AvgIpc) is 2.84. The number of pyridine rings is 1. The normalized spacial score (nSPS) is 10.8. The van der Waals surface area contributed by atoms with Gasteiger partial charge in [-0.05, 0) is 17.7 Å². The fraction of sp³-hybridized carbons (Fsp3) is 0.200. The summed E-state index contributed by atoms with van der Waals surface area (Å²) < 4.78 is 12.3. The molecule has 0 atom stereocenters. The summed E-state index contributed by atoms with van der Waals surface area (Å²) in [5.41, 5.74) is 8.75. The summed E-state index contributed by atoms with van der Waals surface area (Å²) in [6, 6.07) is 9.54. The van der Waals surface area contributed by atoms with Gasteiger partial charge in [0.05, 0.1) is 26.3 Å². The Hall–Kier alpha value is -2.76. The second-order valence-electron chi connectivity index (χ2n) is 4.59. The lowest BCUT2D eigenvalue weighted by Gasteiger charge is -2.07. The van der Waals surface area contributed by atoms with Gasteiger partial charge in [-0.3, -0.25) is 0 Å². The fourth-order valence-corrected chi connectivity index (χ4v) is 2.28. The molecule has 0 amide bonds. The maximum Gasteiger partial charge on any atom is 0.212 e.